The number of pyridine rings is 2. The molecule has 3 N–H and O–H groups in total. The Balaban J connectivity index is 1.89. The molecule has 10 nitrogen and oxygen atoms in total. The highest BCUT2D eigenvalue weighted by molar-refractivity contribution is 6.02. The normalized spacial score (nSPS) is 14.2. The van der Waals surface area contributed by atoms with Crippen molar-refractivity contribution in [1.82, 2.24) is 20.2 Å². The molecular weight excluding hydrogens is 445 g/mol. The molecule has 0 aliphatic carbocycles. The van der Waals surface area contributed by atoms with Gasteiger partial charge in [0.1, 0.15) is 22.4 Å². The molecule has 0 fully saturated rings. The Morgan fingerprint density at radius 3 is 2.76 bits per heavy atom. The molecule has 0 radical (unpaired) electrons. The lowest BCUT2D eigenvalue weighted by molar-refractivity contribution is -0.128. The number of amides is 2. The van der Waals surface area contributed by atoms with Crippen molar-refractivity contribution in [3.8, 4) is 17.6 Å². The van der Waals surface area contributed by atoms with Crippen molar-refractivity contribution in [2.24, 2.45) is 0 Å². The molecule has 0 unspecified atom stereocenters. The molecular formula is C23H20FN5O5. The first kappa shape index (κ1) is 22.7. The number of carbonyl (C=O) groups excluding carboxylic acids is 2. The molecule has 1 aliphatic heterocycles. The highest BCUT2D eigenvalue weighted by atomic mass is 19.1. The number of aromatic nitrogens is 2. The van der Waals surface area contributed by atoms with Gasteiger partial charge in [0.05, 0.1) is 19.0 Å². The number of ether oxygens (including phenoxy) is 1. The Morgan fingerprint density at radius 1 is 1.35 bits per heavy atom. The van der Waals surface area contributed by atoms with Gasteiger partial charge in [-0.25, -0.2) is 4.39 Å². The Kier molecular flexibility index (Phi) is 6.14. The lowest BCUT2D eigenvalue weighted by Gasteiger charge is -2.28. The fourth-order valence-corrected chi connectivity index (χ4v) is 3.82. The summed E-state index contributed by atoms with van der Waals surface area (Å²) in [6.45, 7) is -0.214. The van der Waals surface area contributed by atoms with E-state index in [0.29, 0.717) is 5.56 Å². The molecule has 2 aromatic heterocycles. The molecule has 1 aliphatic rings. The first-order chi connectivity index (χ1) is 16.3. The van der Waals surface area contributed by atoms with E-state index in [0.717, 1.165) is 5.56 Å². The third-order valence-corrected chi connectivity index (χ3v) is 5.48. The van der Waals surface area contributed by atoms with Crippen LogP contribution in [0.1, 0.15) is 27.9 Å². The Bertz CT molecular complexity index is 1390. The van der Waals surface area contributed by atoms with Gasteiger partial charge in [0, 0.05) is 31.8 Å². The van der Waals surface area contributed by atoms with Crippen LogP contribution in [0.15, 0.2) is 35.3 Å². The summed E-state index contributed by atoms with van der Waals surface area (Å²) in [4.78, 5) is 42.6. The maximum atomic E-state index is 13.3. The highest BCUT2D eigenvalue weighted by Gasteiger charge is 2.34. The topological polar surface area (TPSA) is 146 Å². The zero-order chi connectivity index (χ0) is 24.4. The minimum Gasteiger partial charge on any atom is -0.505 e. The molecule has 0 saturated carbocycles. The van der Waals surface area contributed by atoms with Crippen LogP contribution in [0, 0.1) is 17.1 Å². The number of nitrogens with one attached hydrogen (secondary N) is 2. The largest absolute Gasteiger partial charge is 0.505 e. The Morgan fingerprint density at radius 2 is 2.09 bits per heavy atom. The number of carbonyl (C=O) groups is 2. The second-order valence-corrected chi connectivity index (χ2v) is 7.64. The van der Waals surface area contributed by atoms with Gasteiger partial charge in [0.15, 0.2) is 17.6 Å². The molecule has 1 aromatic carbocycles. The number of aromatic hydroxyl groups is 1. The van der Waals surface area contributed by atoms with Crippen molar-refractivity contribution >= 4 is 22.8 Å². The molecule has 3 heterocycles. The SMILES string of the molecule is CNC(=O)[C@H]1Cn2c(=O)c(C(=O)NCCC#N)c(O)c3ncc(Cc4ccc(F)cc4)c(c32)O1. The number of likely N-dealkylation sites (N-methyl/N-ethyl adjacent to an activating group) is 1. The Hall–Kier alpha value is -4.46. The standard InChI is InChI=1S/C23H20FN5O5/c1-26-21(31)15-11-29-18-17(19(30)16(23(29)33)22(32)27-8-2-7-25)28-10-13(20(18)34-15)9-12-3-5-14(24)6-4-12/h3-6,10,15,30H,2,8-9,11H2,1H3,(H,26,31)(H,27,32)/t15-/m1/s1. The van der Waals surface area contributed by atoms with Gasteiger partial charge in [-0.15, -0.1) is 0 Å². The molecule has 174 valence electrons. The zero-order valence-electron chi connectivity index (χ0n) is 18.1. The summed E-state index contributed by atoms with van der Waals surface area (Å²) < 4.78 is 20.4. The van der Waals surface area contributed by atoms with Crippen LogP contribution in [0.2, 0.25) is 0 Å². The molecule has 0 saturated heterocycles. The number of hydrogen-bond acceptors (Lipinski definition) is 7. The van der Waals surface area contributed by atoms with Crippen LogP contribution in [0.3, 0.4) is 0 Å². The average molecular weight is 465 g/mol. The second-order valence-electron chi connectivity index (χ2n) is 7.64. The molecule has 0 bridgehead atoms. The van der Waals surface area contributed by atoms with Crippen molar-refractivity contribution in [2.75, 3.05) is 13.6 Å². The Labute approximate surface area is 192 Å². The van der Waals surface area contributed by atoms with Gasteiger partial charge < -0.3 is 20.5 Å². The van der Waals surface area contributed by atoms with Gasteiger partial charge in [-0.2, -0.15) is 5.26 Å². The first-order valence-corrected chi connectivity index (χ1v) is 10.4. The first-order valence-electron chi connectivity index (χ1n) is 10.4. The predicted molar refractivity (Wildman–Crippen MR) is 118 cm³/mol. The van der Waals surface area contributed by atoms with Crippen molar-refractivity contribution < 1.29 is 23.8 Å². The van der Waals surface area contributed by atoms with Crippen LogP contribution in [-0.4, -0.2) is 46.2 Å². The van der Waals surface area contributed by atoms with Crippen LogP contribution in [0.5, 0.6) is 11.5 Å². The average Bonchev–Trinajstić information content (AvgIpc) is 2.84. The lowest BCUT2D eigenvalue weighted by atomic mass is 10.0. The summed E-state index contributed by atoms with van der Waals surface area (Å²) in [6, 6.07) is 7.66. The van der Waals surface area contributed by atoms with Gasteiger partial charge in [0.2, 0.25) is 0 Å². The van der Waals surface area contributed by atoms with Gasteiger partial charge >= 0.3 is 0 Å². The summed E-state index contributed by atoms with van der Waals surface area (Å²) in [6.07, 6.45) is 0.617. The van der Waals surface area contributed by atoms with Crippen LogP contribution >= 0.6 is 0 Å². The van der Waals surface area contributed by atoms with E-state index in [1.54, 1.807) is 12.1 Å². The summed E-state index contributed by atoms with van der Waals surface area (Å²) >= 11 is 0. The van der Waals surface area contributed by atoms with E-state index in [2.05, 4.69) is 15.6 Å². The van der Waals surface area contributed by atoms with Crippen molar-refractivity contribution in [1.29, 1.82) is 5.26 Å². The van der Waals surface area contributed by atoms with Gasteiger partial charge in [-0.3, -0.25) is 23.9 Å². The number of halogens is 1. The van der Waals surface area contributed by atoms with Crippen LogP contribution < -0.4 is 20.9 Å². The fraction of sp³-hybridized carbons (Fsp3) is 0.261. The fourth-order valence-electron chi connectivity index (χ4n) is 3.82. The number of nitriles is 1. The van der Waals surface area contributed by atoms with E-state index in [4.69, 9.17) is 10.00 Å². The quantitative estimate of drug-likeness (QED) is 0.460. The number of benzene rings is 1. The summed E-state index contributed by atoms with van der Waals surface area (Å²) in [7, 11) is 1.43. The zero-order valence-corrected chi connectivity index (χ0v) is 18.1. The molecule has 11 heteroatoms. The van der Waals surface area contributed by atoms with E-state index in [-0.39, 0.29) is 42.7 Å². The minimum atomic E-state index is -1.08. The maximum absolute atomic E-state index is 13.3. The molecule has 34 heavy (non-hydrogen) atoms. The predicted octanol–water partition coefficient (Wildman–Crippen LogP) is 0.982. The van der Waals surface area contributed by atoms with Gasteiger partial charge in [-0.1, -0.05) is 12.1 Å². The van der Waals surface area contributed by atoms with Gasteiger partial charge in [0.25, 0.3) is 17.4 Å². The highest BCUT2D eigenvalue weighted by Crippen LogP contribution is 2.37. The number of rotatable bonds is 6. The molecule has 1 atom stereocenters. The van der Waals surface area contributed by atoms with Crippen molar-refractivity contribution in [3.05, 3.63) is 63.3 Å². The van der Waals surface area contributed by atoms with E-state index < -0.39 is 40.6 Å². The lowest BCUT2D eigenvalue weighted by Crippen LogP contribution is -2.45. The summed E-state index contributed by atoms with van der Waals surface area (Å²) in [5.74, 6) is -2.19. The van der Waals surface area contributed by atoms with Crippen LogP contribution in [-0.2, 0) is 17.8 Å². The summed E-state index contributed by atoms with van der Waals surface area (Å²) in [5, 5.41) is 24.4. The van der Waals surface area contributed by atoms with E-state index in [1.807, 2.05) is 6.07 Å². The maximum Gasteiger partial charge on any atom is 0.268 e. The number of nitrogens with zero attached hydrogens (tertiary/aromatic N) is 3. The third-order valence-electron chi connectivity index (χ3n) is 5.48. The van der Waals surface area contributed by atoms with Gasteiger partial charge in [-0.05, 0) is 17.7 Å². The minimum absolute atomic E-state index is 0.00842. The van der Waals surface area contributed by atoms with E-state index in [1.165, 1.54) is 29.9 Å². The molecule has 4 rings (SSSR count). The molecule has 3 aromatic rings. The monoisotopic (exact) mass is 465 g/mol. The second kappa shape index (κ2) is 9.19. The van der Waals surface area contributed by atoms with Crippen LogP contribution in [0.25, 0.3) is 11.0 Å². The molecule has 0 spiro atoms. The van der Waals surface area contributed by atoms with E-state index >= 15 is 0 Å². The number of hydrogen-bond donors (Lipinski definition) is 3. The molecule has 2 amide bonds. The van der Waals surface area contributed by atoms with Crippen molar-refractivity contribution in [2.45, 2.75) is 25.5 Å². The van der Waals surface area contributed by atoms with Crippen molar-refractivity contribution in [3.63, 3.8) is 0 Å². The van der Waals surface area contributed by atoms with Crippen LogP contribution in [0.4, 0.5) is 4.39 Å². The summed E-state index contributed by atoms with van der Waals surface area (Å²) in [5.41, 5.74) is -0.0111. The van der Waals surface area contributed by atoms with E-state index in [9.17, 15) is 23.9 Å². The third kappa shape index (κ3) is 4.01. The smallest absolute Gasteiger partial charge is 0.268 e.